The second-order valence-electron chi connectivity index (χ2n) is 7.71. The minimum absolute atomic E-state index is 0.0167. The lowest BCUT2D eigenvalue weighted by Crippen LogP contribution is -2.36. The van der Waals surface area contributed by atoms with Gasteiger partial charge in [-0.1, -0.05) is 17.7 Å². The van der Waals surface area contributed by atoms with Gasteiger partial charge < -0.3 is 24.6 Å². The first-order chi connectivity index (χ1) is 15.0. The number of ether oxygens (including phenoxy) is 2. The van der Waals surface area contributed by atoms with Crippen LogP contribution in [0, 0.1) is 6.92 Å². The van der Waals surface area contributed by atoms with Crippen LogP contribution in [0.25, 0.3) is 0 Å². The highest BCUT2D eigenvalue weighted by Gasteiger charge is 2.14. The average molecular weight is 426 g/mol. The van der Waals surface area contributed by atoms with Crippen molar-refractivity contribution in [1.29, 1.82) is 0 Å². The van der Waals surface area contributed by atoms with E-state index in [9.17, 15) is 9.59 Å². The predicted octanol–water partition coefficient (Wildman–Crippen LogP) is 3.09. The molecule has 1 aliphatic rings. The summed E-state index contributed by atoms with van der Waals surface area (Å²) in [7, 11) is 1.64. The first kappa shape index (κ1) is 22.6. The van der Waals surface area contributed by atoms with E-state index in [2.05, 4.69) is 10.2 Å². The first-order valence-electron chi connectivity index (χ1n) is 10.7. The molecule has 0 bridgehead atoms. The zero-order valence-corrected chi connectivity index (χ0v) is 18.3. The van der Waals surface area contributed by atoms with Gasteiger partial charge >= 0.3 is 0 Å². The molecule has 1 fully saturated rings. The third-order valence-electron chi connectivity index (χ3n) is 5.16. The quantitative estimate of drug-likeness (QED) is 0.625. The lowest BCUT2D eigenvalue weighted by molar-refractivity contribution is -0.133. The van der Waals surface area contributed by atoms with Gasteiger partial charge in [0.15, 0.2) is 0 Å². The Balaban J connectivity index is 1.36. The molecule has 0 spiro atoms. The number of hydrogen-bond donors (Lipinski definition) is 1. The lowest BCUT2D eigenvalue weighted by Gasteiger charge is -2.28. The number of likely N-dealkylation sites (N-methyl/N-ethyl adjacent to an activating group) is 1. The standard InChI is InChI=1S/C24H31N3O4/c1-19-5-11-22(12-6-19)31-15-3-4-24(29)26(2)18-23(28)25-20-7-9-21(10-8-20)27-13-16-30-17-14-27/h5-12H,3-4,13-18H2,1-2H3,(H,25,28). The third-order valence-corrected chi connectivity index (χ3v) is 5.16. The summed E-state index contributed by atoms with van der Waals surface area (Å²) in [4.78, 5) is 28.3. The molecule has 0 atom stereocenters. The Bertz CT molecular complexity index is 846. The molecule has 0 aliphatic carbocycles. The molecule has 0 radical (unpaired) electrons. The molecule has 1 saturated heterocycles. The van der Waals surface area contributed by atoms with Crippen LogP contribution in [0.1, 0.15) is 18.4 Å². The predicted molar refractivity (Wildman–Crippen MR) is 122 cm³/mol. The Morgan fingerprint density at radius 1 is 1.06 bits per heavy atom. The number of carbonyl (C=O) groups is 2. The number of amides is 2. The molecular formula is C24H31N3O4. The SMILES string of the molecule is Cc1ccc(OCCCC(=O)N(C)CC(=O)Nc2ccc(N3CCOCC3)cc2)cc1. The fourth-order valence-electron chi connectivity index (χ4n) is 3.32. The number of rotatable bonds is 9. The molecule has 2 amide bonds. The van der Waals surface area contributed by atoms with Gasteiger partial charge in [0.05, 0.1) is 26.4 Å². The Labute approximate surface area is 183 Å². The Hall–Kier alpha value is -3.06. The highest BCUT2D eigenvalue weighted by Crippen LogP contribution is 2.19. The largest absolute Gasteiger partial charge is 0.494 e. The lowest BCUT2D eigenvalue weighted by atomic mass is 10.2. The first-order valence-corrected chi connectivity index (χ1v) is 10.7. The molecule has 7 nitrogen and oxygen atoms in total. The normalized spacial score (nSPS) is 13.5. The van der Waals surface area contributed by atoms with Gasteiger partial charge in [-0.2, -0.15) is 0 Å². The van der Waals surface area contributed by atoms with Gasteiger partial charge in [-0.3, -0.25) is 9.59 Å². The van der Waals surface area contributed by atoms with E-state index in [1.54, 1.807) is 7.05 Å². The second kappa shape index (κ2) is 11.4. The molecule has 2 aromatic carbocycles. The summed E-state index contributed by atoms with van der Waals surface area (Å²) in [6.07, 6.45) is 0.936. The summed E-state index contributed by atoms with van der Waals surface area (Å²) < 4.78 is 11.0. The molecule has 0 unspecified atom stereocenters. The molecule has 31 heavy (non-hydrogen) atoms. The molecular weight excluding hydrogens is 394 g/mol. The summed E-state index contributed by atoms with van der Waals surface area (Å²) in [6, 6.07) is 15.6. The fraction of sp³-hybridized carbons (Fsp3) is 0.417. The summed E-state index contributed by atoms with van der Waals surface area (Å²) in [5, 5.41) is 2.85. The zero-order chi connectivity index (χ0) is 22.1. The van der Waals surface area contributed by atoms with Crippen molar-refractivity contribution in [3.63, 3.8) is 0 Å². The molecule has 3 rings (SSSR count). The van der Waals surface area contributed by atoms with E-state index >= 15 is 0 Å². The van der Waals surface area contributed by atoms with Crippen LogP contribution in [0.4, 0.5) is 11.4 Å². The molecule has 1 heterocycles. The van der Waals surface area contributed by atoms with Crippen LogP contribution in [-0.4, -0.2) is 63.2 Å². The molecule has 166 valence electrons. The van der Waals surface area contributed by atoms with Gasteiger partial charge in [-0.25, -0.2) is 0 Å². The van der Waals surface area contributed by atoms with Crippen LogP contribution in [0.3, 0.4) is 0 Å². The highest BCUT2D eigenvalue weighted by molar-refractivity contribution is 5.94. The summed E-state index contributed by atoms with van der Waals surface area (Å²) in [5.74, 6) is 0.501. The molecule has 0 aromatic heterocycles. The van der Waals surface area contributed by atoms with Crippen LogP contribution in [-0.2, 0) is 14.3 Å². The van der Waals surface area contributed by atoms with Crippen molar-refractivity contribution >= 4 is 23.2 Å². The van der Waals surface area contributed by atoms with Crippen molar-refractivity contribution in [2.75, 3.05) is 56.7 Å². The van der Waals surface area contributed by atoms with Crippen molar-refractivity contribution in [1.82, 2.24) is 4.90 Å². The number of hydrogen-bond acceptors (Lipinski definition) is 5. The van der Waals surface area contributed by atoms with Crippen molar-refractivity contribution in [3.05, 3.63) is 54.1 Å². The van der Waals surface area contributed by atoms with Crippen LogP contribution in [0.15, 0.2) is 48.5 Å². The van der Waals surface area contributed by atoms with Crippen molar-refractivity contribution in [2.45, 2.75) is 19.8 Å². The van der Waals surface area contributed by atoms with Crippen LogP contribution in [0.5, 0.6) is 5.75 Å². The molecule has 2 aromatic rings. The van der Waals surface area contributed by atoms with Crippen molar-refractivity contribution < 1.29 is 19.1 Å². The van der Waals surface area contributed by atoms with Crippen molar-refractivity contribution in [2.24, 2.45) is 0 Å². The van der Waals surface area contributed by atoms with Crippen LogP contribution < -0.4 is 15.0 Å². The minimum Gasteiger partial charge on any atom is -0.494 e. The number of benzene rings is 2. The third kappa shape index (κ3) is 7.29. The fourth-order valence-corrected chi connectivity index (χ4v) is 3.32. The van der Waals surface area contributed by atoms with E-state index in [0.29, 0.717) is 25.1 Å². The van der Waals surface area contributed by atoms with Gasteiger partial charge in [-0.15, -0.1) is 0 Å². The van der Waals surface area contributed by atoms with Gasteiger partial charge in [0.1, 0.15) is 5.75 Å². The zero-order valence-electron chi connectivity index (χ0n) is 18.3. The summed E-state index contributed by atoms with van der Waals surface area (Å²) >= 11 is 0. The van der Waals surface area contributed by atoms with E-state index in [1.165, 1.54) is 10.5 Å². The summed E-state index contributed by atoms with van der Waals surface area (Å²) in [6.45, 7) is 5.71. The number of nitrogens with zero attached hydrogens (tertiary/aromatic N) is 2. The smallest absolute Gasteiger partial charge is 0.243 e. The second-order valence-corrected chi connectivity index (χ2v) is 7.71. The summed E-state index contributed by atoms with van der Waals surface area (Å²) in [5.41, 5.74) is 3.01. The van der Waals surface area contributed by atoms with E-state index in [0.717, 1.165) is 37.7 Å². The van der Waals surface area contributed by atoms with Gasteiger partial charge in [0, 0.05) is 37.9 Å². The van der Waals surface area contributed by atoms with E-state index in [4.69, 9.17) is 9.47 Å². The molecule has 7 heteroatoms. The minimum atomic E-state index is -0.217. The molecule has 1 aliphatic heterocycles. The highest BCUT2D eigenvalue weighted by atomic mass is 16.5. The Morgan fingerprint density at radius 3 is 2.42 bits per heavy atom. The van der Waals surface area contributed by atoms with E-state index in [-0.39, 0.29) is 18.4 Å². The number of anilines is 2. The number of carbonyl (C=O) groups excluding carboxylic acids is 2. The van der Waals surface area contributed by atoms with Crippen LogP contribution >= 0.6 is 0 Å². The maximum atomic E-state index is 12.3. The van der Waals surface area contributed by atoms with Gasteiger partial charge in [0.25, 0.3) is 0 Å². The topological polar surface area (TPSA) is 71.1 Å². The maximum absolute atomic E-state index is 12.3. The number of nitrogens with one attached hydrogen (secondary N) is 1. The van der Waals surface area contributed by atoms with E-state index < -0.39 is 0 Å². The number of aryl methyl sites for hydroxylation is 1. The average Bonchev–Trinajstić information content (AvgIpc) is 2.78. The number of morpholine rings is 1. The van der Waals surface area contributed by atoms with Gasteiger partial charge in [-0.05, 0) is 49.7 Å². The monoisotopic (exact) mass is 425 g/mol. The Morgan fingerprint density at radius 2 is 1.74 bits per heavy atom. The Kier molecular flexibility index (Phi) is 8.29. The molecule has 0 saturated carbocycles. The maximum Gasteiger partial charge on any atom is 0.243 e. The van der Waals surface area contributed by atoms with Gasteiger partial charge in [0.2, 0.25) is 11.8 Å². The van der Waals surface area contributed by atoms with Crippen molar-refractivity contribution in [3.8, 4) is 5.75 Å². The van der Waals surface area contributed by atoms with E-state index in [1.807, 2.05) is 55.5 Å². The van der Waals surface area contributed by atoms with Crippen LogP contribution in [0.2, 0.25) is 0 Å². The molecule has 1 N–H and O–H groups in total.